The van der Waals surface area contributed by atoms with Crippen LogP contribution in [0.5, 0.6) is 0 Å². The zero-order valence-electron chi connectivity index (χ0n) is 9.35. The Kier molecular flexibility index (Phi) is 4.96. The molecular weight excluding hydrogens is 264 g/mol. The van der Waals surface area contributed by atoms with Crippen LogP contribution in [-0.4, -0.2) is 15.8 Å². The van der Waals surface area contributed by atoms with Crippen LogP contribution in [0.25, 0.3) is 6.08 Å². The average Bonchev–Trinajstić information content (AvgIpc) is 2.27. The number of hydrogen-bond donors (Lipinski definition) is 0. The smallest absolute Gasteiger partial charge is 0.288 e. The Labute approximate surface area is 106 Å². The zero-order valence-corrected chi connectivity index (χ0v) is 10.2. The van der Waals surface area contributed by atoms with E-state index in [-0.39, 0.29) is 10.7 Å². The third kappa shape index (κ3) is 3.92. The zero-order chi connectivity index (χ0) is 13.7. The predicted octanol–water partition coefficient (Wildman–Crippen LogP) is 3.17. The van der Waals surface area contributed by atoms with Gasteiger partial charge in [0.2, 0.25) is 5.82 Å². The second-order valence-electron chi connectivity index (χ2n) is 3.29. The molecule has 1 rings (SSSR count). The van der Waals surface area contributed by atoms with E-state index in [0.717, 1.165) is 17.8 Å². The van der Waals surface area contributed by atoms with Gasteiger partial charge in [-0.1, -0.05) is 23.9 Å². The van der Waals surface area contributed by atoms with Crippen molar-refractivity contribution < 1.29 is 18.5 Å². The molecule has 1 aromatic rings. The standard InChI is InChI=1S/C11H9F2NO3S/c1-7(15)18-4-2-3-8-5-10(13)11(14(16)17)6-9(8)12/h2-3,5-6H,4H2,1H3. The minimum absolute atomic E-state index is 0.0880. The molecule has 96 valence electrons. The fraction of sp³-hybridized carbons (Fsp3) is 0.182. The van der Waals surface area contributed by atoms with Gasteiger partial charge in [-0.25, -0.2) is 4.39 Å². The number of rotatable bonds is 4. The van der Waals surface area contributed by atoms with Crippen molar-refractivity contribution in [1.82, 2.24) is 0 Å². The summed E-state index contributed by atoms with van der Waals surface area (Å²) in [5.41, 5.74) is -0.995. The van der Waals surface area contributed by atoms with Crippen LogP contribution < -0.4 is 0 Å². The first kappa shape index (κ1) is 14.3. The average molecular weight is 273 g/mol. The van der Waals surface area contributed by atoms with Crippen LogP contribution in [0.2, 0.25) is 0 Å². The number of nitro benzene ring substituents is 1. The minimum Gasteiger partial charge on any atom is -0.288 e. The highest BCUT2D eigenvalue weighted by atomic mass is 32.2. The second kappa shape index (κ2) is 6.25. The molecule has 7 heteroatoms. The van der Waals surface area contributed by atoms with Gasteiger partial charge >= 0.3 is 5.69 Å². The maximum Gasteiger partial charge on any atom is 0.307 e. The summed E-state index contributed by atoms with van der Waals surface area (Å²) in [5, 5.41) is 10.3. The maximum absolute atomic E-state index is 13.4. The number of nitrogens with zero attached hydrogens (tertiary/aromatic N) is 1. The molecule has 0 amide bonds. The van der Waals surface area contributed by atoms with Gasteiger partial charge in [-0.15, -0.1) is 0 Å². The molecule has 0 aliphatic rings. The molecule has 0 fully saturated rings. The fourth-order valence-corrected chi connectivity index (χ4v) is 1.59. The SMILES string of the molecule is CC(=O)SCC=Cc1cc(F)c([N+](=O)[O-])cc1F. The molecular formula is C11H9F2NO3S. The summed E-state index contributed by atoms with van der Waals surface area (Å²) in [7, 11) is 0. The number of benzene rings is 1. The van der Waals surface area contributed by atoms with Gasteiger partial charge < -0.3 is 0 Å². The molecule has 0 aliphatic heterocycles. The molecule has 1 aromatic carbocycles. The molecule has 0 heterocycles. The second-order valence-corrected chi connectivity index (χ2v) is 4.48. The summed E-state index contributed by atoms with van der Waals surface area (Å²) >= 11 is 1.02. The summed E-state index contributed by atoms with van der Waals surface area (Å²) in [6, 6.07) is 1.29. The lowest BCUT2D eigenvalue weighted by atomic mass is 10.1. The monoisotopic (exact) mass is 273 g/mol. The maximum atomic E-state index is 13.4. The van der Waals surface area contributed by atoms with E-state index in [1.165, 1.54) is 19.1 Å². The van der Waals surface area contributed by atoms with Crippen LogP contribution in [0.4, 0.5) is 14.5 Å². The Morgan fingerprint density at radius 1 is 1.44 bits per heavy atom. The molecule has 0 spiro atoms. The fourth-order valence-electron chi connectivity index (χ4n) is 1.16. The van der Waals surface area contributed by atoms with E-state index in [9.17, 15) is 23.7 Å². The molecule has 4 nitrogen and oxygen atoms in total. The van der Waals surface area contributed by atoms with Gasteiger partial charge in [0.1, 0.15) is 5.82 Å². The first-order valence-electron chi connectivity index (χ1n) is 4.85. The molecule has 0 unspecified atom stereocenters. The molecule has 0 aromatic heterocycles. The van der Waals surface area contributed by atoms with Crippen molar-refractivity contribution in [3.05, 3.63) is 45.5 Å². The van der Waals surface area contributed by atoms with E-state index < -0.39 is 22.2 Å². The van der Waals surface area contributed by atoms with Crippen LogP contribution in [-0.2, 0) is 4.79 Å². The number of carbonyl (C=O) groups excluding carboxylic acids is 1. The van der Waals surface area contributed by atoms with Crippen LogP contribution in [0.1, 0.15) is 12.5 Å². The summed E-state index contributed by atoms with van der Waals surface area (Å²) in [4.78, 5) is 20.0. The highest BCUT2D eigenvalue weighted by Crippen LogP contribution is 2.22. The van der Waals surface area contributed by atoms with Gasteiger partial charge in [-0.2, -0.15) is 4.39 Å². The topological polar surface area (TPSA) is 60.2 Å². The van der Waals surface area contributed by atoms with E-state index in [1.807, 2.05) is 0 Å². The van der Waals surface area contributed by atoms with Crippen LogP contribution in [0.3, 0.4) is 0 Å². The predicted molar refractivity (Wildman–Crippen MR) is 65.2 cm³/mol. The summed E-state index contributed by atoms with van der Waals surface area (Å²) in [6.07, 6.45) is 2.76. The Balaban J connectivity index is 2.88. The Morgan fingerprint density at radius 3 is 2.67 bits per heavy atom. The van der Waals surface area contributed by atoms with Crippen molar-refractivity contribution in [1.29, 1.82) is 0 Å². The van der Waals surface area contributed by atoms with Gasteiger partial charge in [0.05, 0.1) is 11.0 Å². The van der Waals surface area contributed by atoms with E-state index in [4.69, 9.17) is 0 Å². The first-order valence-corrected chi connectivity index (χ1v) is 5.83. The molecule has 0 atom stereocenters. The number of thioether (sulfide) groups is 1. The molecule has 0 bridgehead atoms. The van der Waals surface area contributed by atoms with Crippen LogP contribution in [0.15, 0.2) is 18.2 Å². The van der Waals surface area contributed by atoms with Crippen molar-refractivity contribution in [3.8, 4) is 0 Å². The Hall–Kier alpha value is -1.76. The number of nitro groups is 1. The van der Waals surface area contributed by atoms with E-state index in [1.54, 1.807) is 0 Å². The van der Waals surface area contributed by atoms with Crippen LogP contribution in [0, 0.1) is 21.7 Å². The van der Waals surface area contributed by atoms with Crippen molar-refractivity contribution in [3.63, 3.8) is 0 Å². The van der Waals surface area contributed by atoms with E-state index in [2.05, 4.69) is 0 Å². The Bertz CT molecular complexity index is 517. The first-order chi connectivity index (χ1) is 8.41. The van der Waals surface area contributed by atoms with Crippen molar-refractivity contribution in [2.75, 3.05) is 5.75 Å². The lowest BCUT2D eigenvalue weighted by Crippen LogP contribution is -1.95. The third-order valence-electron chi connectivity index (χ3n) is 1.94. The summed E-state index contributed by atoms with van der Waals surface area (Å²) in [6.45, 7) is 1.39. The van der Waals surface area contributed by atoms with Gasteiger partial charge in [0.25, 0.3) is 0 Å². The highest BCUT2D eigenvalue weighted by molar-refractivity contribution is 8.13. The summed E-state index contributed by atoms with van der Waals surface area (Å²) in [5.74, 6) is -1.65. The van der Waals surface area contributed by atoms with Gasteiger partial charge in [-0.3, -0.25) is 14.9 Å². The molecule has 0 saturated heterocycles. The van der Waals surface area contributed by atoms with Gasteiger partial charge in [0.15, 0.2) is 5.12 Å². The molecule has 0 N–H and O–H groups in total. The molecule has 0 aliphatic carbocycles. The van der Waals surface area contributed by atoms with Crippen molar-refractivity contribution >= 4 is 28.6 Å². The third-order valence-corrected chi connectivity index (χ3v) is 2.71. The normalized spacial score (nSPS) is 10.8. The Morgan fingerprint density at radius 2 is 2.11 bits per heavy atom. The molecule has 0 saturated carbocycles. The van der Waals surface area contributed by atoms with Gasteiger partial charge in [0, 0.05) is 18.2 Å². The molecule has 0 radical (unpaired) electrons. The quantitative estimate of drug-likeness (QED) is 0.624. The van der Waals surface area contributed by atoms with E-state index >= 15 is 0 Å². The van der Waals surface area contributed by atoms with Crippen LogP contribution >= 0.6 is 11.8 Å². The highest BCUT2D eigenvalue weighted by Gasteiger charge is 2.17. The molecule has 18 heavy (non-hydrogen) atoms. The number of carbonyl (C=O) groups is 1. The minimum atomic E-state index is -1.10. The van der Waals surface area contributed by atoms with E-state index in [0.29, 0.717) is 11.8 Å². The number of hydrogen-bond acceptors (Lipinski definition) is 4. The number of halogens is 2. The lowest BCUT2D eigenvalue weighted by Gasteiger charge is -1.99. The largest absolute Gasteiger partial charge is 0.307 e. The summed E-state index contributed by atoms with van der Waals surface area (Å²) < 4.78 is 26.6. The van der Waals surface area contributed by atoms with Gasteiger partial charge in [-0.05, 0) is 6.07 Å². The van der Waals surface area contributed by atoms with Crippen molar-refractivity contribution in [2.45, 2.75) is 6.92 Å². The lowest BCUT2D eigenvalue weighted by molar-refractivity contribution is -0.387. The van der Waals surface area contributed by atoms with Crippen molar-refractivity contribution in [2.24, 2.45) is 0 Å².